The van der Waals surface area contributed by atoms with Gasteiger partial charge in [-0.2, -0.15) is 4.42 Å². The summed E-state index contributed by atoms with van der Waals surface area (Å²) in [6, 6.07) is 12.2. The lowest BCUT2D eigenvalue weighted by Gasteiger charge is -2.43. The van der Waals surface area contributed by atoms with Gasteiger partial charge in [0.05, 0.1) is 6.26 Å². The summed E-state index contributed by atoms with van der Waals surface area (Å²) in [5, 5.41) is 0. The van der Waals surface area contributed by atoms with Crippen LogP contribution in [0.15, 0.2) is 47.1 Å². The minimum absolute atomic E-state index is 0.184. The van der Waals surface area contributed by atoms with E-state index in [4.69, 9.17) is 27.8 Å². The standard InChI is InChI=1S/C15H15Cl2NO/c1-11-9-12-5-2-3-7-14(12)15(16,18(11)17)10-13-6-4-8-19-13/h2-8,11H,9-10H2,1H3. The number of halogens is 2. The smallest absolute Gasteiger partial charge is 0.142 e. The second kappa shape index (κ2) is 4.86. The first-order chi connectivity index (χ1) is 9.11. The van der Waals surface area contributed by atoms with Crippen molar-refractivity contribution in [3.8, 4) is 0 Å². The van der Waals surface area contributed by atoms with Crippen LogP contribution in [-0.2, 0) is 17.8 Å². The Balaban J connectivity index is 2.06. The Morgan fingerprint density at radius 2 is 2.11 bits per heavy atom. The number of benzene rings is 1. The van der Waals surface area contributed by atoms with Crippen molar-refractivity contribution in [3.63, 3.8) is 0 Å². The highest BCUT2D eigenvalue weighted by molar-refractivity contribution is 6.28. The molecule has 1 aliphatic heterocycles. The number of hydrogen-bond acceptors (Lipinski definition) is 2. The largest absolute Gasteiger partial charge is 0.469 e. The summed E-state index contributed by atoms with van der Waals surface area (Å²) in [5.41, 5.74) is 2.33. The van der Waals surface area contributed by atoms with Crippen molar-refractivity contribution in [3.05, 3.63) is 59.5 Å². The number of fused-ring (bicyclic) bond motifs is 1. The van der Waals surface area contributed by atoms with E-state index in [1.165, 1.54) is 5.56 Å². The van der Waals surface area contributed by atoms with Crippen molar-refractivity contribution in [1.29, 1.82) is 0 Å². The van der Waals surface area contributed by atoms with Gasteiger partial charge >= 0.3 is 0 Å². The molecule has 1 aromatic carbocycles. The number of rotatable bonds is 2. The third-order valence-corrected chi connectivity index (χ3v) is 4.89. The lowest BCUT2D eigenvalue weighted by atomic mass is 9.88. The number of furan rings is 1. The van der Waals surface area contributed by atoms with E-state index in [0.717, 1.165) is 17.7 Å². The maximum atomic E-state index is 6.88. The van der Waals surface area contributed by atoms with Gasteiger partial charge in [0.2, 0.25) is 0 Å². The molecule has 1 aromatic heterocycles. The van der Waals surface area contributed by atoms with E-state index >= 15 is 0 Å². The van der Waals surface area contributed by atoms with Crippen LogP contribution in [-0.4, -0.2) is 10.5 Å². The molecule has 4 heteroatoms. The Hall–Kier alpha value is -0.960. The Morgan fingerprint density at radius 1 is 1.32 bits per heavy atom. The van der Waals surface area contributed by atoms with Crippen LogP contribution in [0.5, 0.6) is 0 Å². The second-order valence-corrected chi connectivity index (χ2v) is 6.03. The Morgan fingerprint density at radius 3 is 2.84 bits per heavy atom. The predicted octanol–water partition coefficient (Wildman–Crippen LogP) is 4.31. The Bertz CT molecular complexity index is 569. The topological polar surface area (TPSA) is 16.4 Å². The van der Waals surface area contributed by atoms with E-state index in [2.05, 4.69) is 13.0 Å². The summed E-state index contributed by atoms with van der Waals surface area (Å²) < 4.78 is 7.15. The molecule has 0 N–H and O–H groups in total. The molecular weight excluding hydrogens is 281 g/mol. The zero-order chi connectivity index (χ0) is 13.5. The Labute approximate surface area is 123 Å². The van der Waals surface area contributed by atoms with Crippen LogP contribution in [0.4, 0.5) is 0 Å². The molecule has 2 aromatic rings. The lowest BCUT2D eigenvalue weighted by molar-refractivity contribution is 0.204. The van der Waals surface area contributed by atoms with E-state index in [1.807, 2.05) is 30.3 Å². The summed E-state index contributed by atoms with van der Waals surface area (Å²) in [5.74, 6) is 0.838. The average molecular weight is 296 g/mol. The minimum atomic E-state index is -0.756. The van der Waals surface area contributed by atoms with Gasteiger partial charge in [-0.3, -0.25) is 0 Å². The fraction of sp³-hybridized carbons (Fsp3) is 0.333. The summed E-state index contributed by atoms with van der Waals surface area (Å²) in [6.45, 7) is 2.09. The van der Waals surface area contributed by atoms with E-state index in [9.17, 15) is 0 Å². The normalized spacial score (nSPS) is 27.2. The molecule has 2 atom stereocenters. The molecule has 0 aliphatic carbocycles. The van der Waals surface area contributed by atoms with Crippen molar-refractivity contribution >= 4 is 23.4 Å². The van der Waals surface area contributed by atoms with Gasteiger partial charge in [0.1, 0.15) is 10.8 Å². The molecule has 100 valence electrons. The van der Waals surface area contributed by atoms with Gasteiger partial charge in [0.25, 0.3) is 0 Å². The SMILES string of the molecule is CC1Cc2ccccc2C(Cl)(Cc2ccco2)N1Cl. The van der Waals surface area contributed by atoms with Crippen LogP contribution >= 0.6 is 23.4 Å². The molecule has 0 fully saturated rings. The maximum absolute atomic E-state index is 6.88. The van der Waals surface area contributed by atoms with E-state index in [-0.39, 0.29) is 6.04 Å². The molecule has 0 bridgehead atoms. The zero-order valence-electron chi connectivity index (χ0n) is 10.6. The molecule has 0 saturated carbocycles. The third-order valence-electron chi connectivity index (χ3n) is 3.66. The molecule has 0 spiro atoms. The highest BCUT2D eigenvalue weighted by atomic mass is 35.5. The van der Waals surface area contributed by atoms with Crippen molar-refractivity contribution in [2.45, 2.75) is 30.8 Å². The number of nitrogens with zero attached hydrogens (tertiary/aromatic N) is 1. The second-order valence-electron chi connectivity index (χ2n) is 5.04. The summed E-state index contributed by atoms with van der Waals surface area (Å²) in [6.07, 6.45) is 3.12. The van der Waals surface area contributed by atoms with Crippen LogP contribution in [0.3, 0.4) is 0 Å². The van der Waals surface area contributed by atoms with E-state index in [1.54, 1.807) is 10.7 Å². The van der Waals surface area contributed by atoms with Gasteiger partial charge < -0.3 is 4.42 Å². The van der Waals surface area contributed by atoms with Crippen molar-refractivity contribution < 1.29 is 4.42 Å². The van der Waals surface area contributed by atoms with Gasteiger partial charge in [-0.15, -0.1) is 0 Å². The van der Waals surface area contributed by atoms with Crippen LogP contribution in [0, 0.1) is 0 Å². The zero-order valence-corrected chi connectivity index (χ0v) is 12.2. The predicted molar refractivity (Wildman–Crippen MR) is 77.2 cm³/mol. The fourth-order valence-corrected chi connectivity index (χ4v) is 3.45. The highest BCUT2D eigenvalue weighted by Gasteiger charge is 2.44. The summed E-state index contributed by atoms with van der Waals surface area (Å²) in [4.78, 5) is -0.756. The quantitative estimate of drug-likeness (QED) is 0.466. The minimum Gasteiger partial charge on any atom is -0.469 e. The first-order valence-corrected chi connectivity index (χ1v) is 7.07. The van der Waals surface area contributed by atoms with Gasteiger partial charge in [-0.05, 0) is 48.4 Å². The Kier molecular flexibility index (Phi) is 3.34. The van der Waals surface area contributed by atoms with E-state index in [0.29, 0.717) is 6.42 Å². The van der Waals surface area contributed by atoms with Crippen LogP contribution < -0.4 is 0 Å². The molecular formula is C15H15Cl2NO. The molecule has 0 radical (unpaired) electrons. The maximum Gasteiger partial charge on any atom is 0.142 e. The molecule has 0 saturated heterocycles. The van der Waals surface area contributed by atoms with Crippen LogP contribution in [0.1, 0.15) is 23.8 Å². The van der Waals surface area contributed by atoms with Crippen molar-refractivity contribution in [2.75, 3.05) is 0 Å². The van der Waals surface area contributed by atoms with Gasteiger partial charge in [0, 0.05) is 12.5 Å². The van der Waals surface area contributed by atoms with Gasteiger partial charge in [-0.1, -0.05) is 35.9 Å². The van der Waals surface area contributed by atoms with Gasteiger partial charge in [-0.25, -0.2) is 0 Å². The first kappa shape index (κ1) is 13.0. The monoisotopic (exact) mass is 295 g/mol. The lowest BCUT2D eigenvalue weighted by Crippen LogP contribution is -2.47. The average Bonchev–Trinajstić information content (AvgIpc) is 2.89. The molecule has 2 heterocycles. The fourth-order valence-electron chi connectivity index (χ4n) is 2.75. The summed E-state index contributed by atoms with van der Waals surface area (Å²) in [7, 11) is 0. The number of hydrogen-bond donors (Lipinski definition) is 0. The molecule has 1 aliphatic rings. The molecule has 2 nitrogen and oxygen atoms in total. The van der Waals surface area contributed by atoms with Crippen LogP contribution in [0.2, 0.25) is 0 Å². The number of alkyl halides is 1. The van der Waals surface area contributed by atoms with Crippen molar-refractivity contribution in [2.24, 2.45) is 0 Å². The molecule has 2 unspecified atom stereocenters. The first-order valence-electron chi connectivity index (χ1n) is 6.36. The third kappa shape index (κ3) is 2.18. The molecule has 19 heavy (non-hydrogen) atoms. The highest BCUT2D eigenvalue weighted by Crippen LogP contribution is 2.45. The van der Waals surface area contributed by atoms with E-state index < -0.39 is 5.00 Å². The molecule has 3 rings (SSSR count). The van der Waals surface area contributed by atoms with Gasteiger partial charge in [0.15, 0.2) is 0 Å². The van der Waals surface area contributed by atoms with Crippen molar-refractivity contribution in [1.82, 2.24) is 4.42 Å². The molecule has 0 amide bonds. The van der Waals surface area contributed by atoms with Crippen LogP contribution in [0.25, 0.3) is 0 Å². The summed E-state index contributed by atoms with van der Waals surface area (Å²) >= 11 is 13.4.